The first-order chi connectivity index (χ1) is 18.3. The molecule has 0 radical (unpaired) electrons. The van der Waals surface area contributed by atoms with Crippen LogP contribution in [0.3, 0.4) is 0 Å². The fraction of sp³-hybridized carbons (Fsp3) is 0.111. The number of benzene rings is 3. The maximum absolute atomic E-state index is 13.3. The number of hydrazone groups is 1. The standard InChI is InChI=1S/C27H24N6O4S/c1-18(34)29-21-14-12-19(13-15-21)16-28-30-24(35)17-33-26-22-10-6-7-11-23(22)38(36,37)32(2)27(26)25(31-33)20-8-4-3-5-9-20/h3-16H,17H2,1-2H3,(H,29,34)(H,30,35)/b28-16+. The molecule has 5 rings (SSSR count). The minimum atomic E-state index is -3.80. The Balaban J connectivity index is 1.45. The molecular weight excluding hydrogens is 504 g/mol. The van der Waals surface area contributed by atoms with Crippen LogP contribution in [0.4, 0.5) is 11.4 Å². The number of hydrogen-bond acceptors (Lipinski definition) is 6. The van der Waals surface area contributed by atoms with E-state index < -0.39 is 15.9 Å². The molecule has 0 fully saturated rings. The van der Waals surface area contributed by atoms with E-state index in [-0.39, 0.29) is 17.3 Å². The van der Waals surface area contributed by atoms with E-state index in [1.54, 1.807) is 48.5 Å². The lowest BCUT2D eigenvalue weighted by Crippen LogP contribution is -2.31. The molecule has 38 heavy (non-hydrogen) atoms. The Bertz CT molecular complexity index is 1660. The van der Waals surface area contributed by atoms with Gasteiger partial charge in [0, 0.05) is 30.8 Å². The summed E-state index contributed by atoms with van der Waals surface area (Å²) in [6.07, 6.45) is 1.49. The Labute approximate surface area is 219 Å². The maximum atomic E-state index is 13.3. The van der Waals surface area contributed by atoms with Crippen LogP contribution in [0.1, 0.15) is 12.5 Å². The molecule has 0 saturated carbocycles. The molecule has 1 aliphatic heterocycles. The quantitative estimate of drug-likeness (QED) is 0.293. The Morgan fingerprint density at radius 2 is 1.66 bits per heavy atom. The summed E-state index contributed by atoms with van der Waals surface area (Å²) in [7, 11) is -2.31. The number of fused-ring (bicyclic) bond motifs is 3. The topological polar surface area (TPSA) is 126 Å². The van der Waals surface area contributed by atoms with E-state index in [4.69, 9.17) is 0 Å². The number of sulfonamides is 1. The van der Waals surface area contributed by atoms with Crippen molar-refractivity contribution in [1.82, 2.24) is 15.2 Å². The third-order valence-electron chi connectivity index (χ3n) is 6.00. The molecule has 1 aromatic heterocycles. The van der Waals surface area contributed by atoms with Crippen molar-refractivity contribution in [3.8, 4) is 22.5 Å². The molecule has 2 amide bonds. The van der Waals surface area contributed by atoms with Crippen LogP contribution in [0.25, 0.3) is 22.5 Å². The number of hydrogen-bond donors (Lipinski definition) is 2. The van der Waals surface area contributed by atoms with Gasteiger partial charge >= 0.3 is 0 Å². The van der Waals surface area contributed by atoms with Crippen molar-refractivity contribution in [3.63, 3.8) is 0 Å². The molecule has 0 saturated heterocycles. The molecular formula is C27H24N6O4S. The summed E-state index contributed by atoms with van der Waals surface area (Å²) in [4.78, 5) is 24.2. The van der Waals surface area contributed by atoms with Gasteiger partial charge < -0.3 is 5.32 Å². The van der Waals surface area contributed by atoms with E-state index in [0.717, 1.165) is 11.1 Å². The average molecular weight is 529 g/mol. The van der Waals surface area contributed by atoms with Crippen LogP contribution in [0, 0.1) is 0 Å². The van der Waals surface area contributed by atoms with Gasteiger partial charge in [0.05, 0.1) is 16.8 Å². The lowest BCUT2D eigenvalue weighted by atomic mass is 10.1. The Hall–Kier alpha value is -4.77. The van der Waals surface area contributed by atoms with E-state index in [9.17, 15) is 18.0 Å². The smallest absolute Gasteiger partial charge is 0.264 e. The number of anilines is 2. The van der Waals surface area contributed by atoms with E-state index in [1.165, 1.54) is 29.2 Å². The van der Waals surface area contributed by atoms with Crippen molar-refractivity contribution in [1.29, 1.82) is 0 Å². The lowest BCUT2D eigenvalue weighted by Gasteiger charge is -2.27. The van der Waals surface area contributed by atoms with Gasteiger partial charge in [0.25, 0.3) is 15.9 Å². The second-order valence-electron chi connectivity index (χ2n) is 8.63. The largest absolute Gasteiger partial charge is 0.326 e. The molecule has 192 valence electrons. The molecule has 2 N–H and O–H groups in total. The van der Waals surface area contributed by atoms with Crippen LogP contribution >= 0.6 is 0 Å². The summed E-state index contributed by atoms with van der Waals surface area (Å²) >= 11 is 0. The number of nitrogens with one attached hydrogen (secondary N) is 2. The monoisotopic (exact) mass is 528 g/mol. The highest BCUT2D eigenvalue weighted by atomic mass is 32.2. The summed E-state index contributed by atoms with van der Waals surface area (Å²) in [5.74, 6) is -0.601. The molecule has 1 aliphatic rings. The molecule has 0 aliphatic carbocycles. The normalized spacial score (nSPS) is 13.6. The number of carbonyl (C=O) groups is 2. The number of rotatable bonds is 6. The first-order valence-electron chi connectivity index (χ1n) is 11.7. The van der Waals surface area contributed by atoms with Crippen molar-refractivity contribution >= 4 is 39.4 Å². The molecule has 0 unspecified atom stereocenters. The van der Waals surface area contributed by atoms with E-state index >= 15 is 0 Å². The van der Waals surface area contributed by atoms with Crippen LogP contribution in [0.2, 0.25) is 0 Å². The zero-order valence-electron chi connectivity index (χ0n) is 20.6. The fourth-order valence-corrected chi connectivity index (χ4v) is 5.68. The predicted octanol–water partition coefficient (Wildman–Crippen LogP) is 3.46. The summed E-state index contributed by atoms with van der Waals surface area (Å²) in [6.45, 7) is 1.25. The molecule has 3 aromatic carbocycles. The van der Waals surface area contributed by atoms with Crippen molar-refractivity contribution in [3.05, 3.63) is 84.4 Å². The van der Waals surface area contributed by atoms with Crippen LogP contribution in [0.15, 0.2) is 88.9 Å². The third-order valence-corrected chi connectivity index (χ3v) is 7.81. The van der Waals surface area contributed by atoms with Crippen molar-refractivity contribution < 1.29 is 18.0 Å². The second-order valence-corrected chi connectivity index (χ2v) is 10.6. The Morgan fingerprint density at radius 1 is 0.974 bits per heavy atom. The van der Waals surface area contributed by atoms with Crippen LogP contribution in [-0.2, 0) is 26.2 Å². The summed E-state index contributed by atoms with van der Waals surface area (Å²) in [5, 5.41) is 11.4. The average Bonchev–Trinajstić information content (AvgIpc) is 3.27. The number of amides is 2. The summed E-state index contributed by atoms with van der Waals surface area (Å²) in [6, 6.07) is 22.9. The van der Waals surface area contributed by atoms with Gasteiger partial charge in [0.15, 0.2) is 0 Å². The third kappa shape index (κ3) is 4.66. The lowest BCUT2D eigenvalue weighted by molar-refractivity contribution is -0.121. The van der Waals surface area contributed by atoms with Crippen LogP contribution < -0.4 is 15.0 Å². The number of aromatic nitrogens is 2. The summed E-state index contributed by atoms with van der Waals surface area (Å²) < 4.78 is 29.3. The van der Waals surface area contributed by atoms with E-state index in [1.807, 2.05) is 30.3 Å². The van der Waals surface area contributed by atoms with Gasteiger partial charge in [-0.05, 0) is 23.8 Å². The second kappa shape index (κ2) is 9.94. The van der Waals surface area contributed by atoms with Crippen molar-refractivity contribution in [2.24, 2.45) is 5.10 Å². The maximum Gasteiger partial charge on any atom is 0.264 e. The minimum absolute atomic E-state index is 0.150. The van der Waals surface area contributed by atoms with Gasteiger partial charge in [-0.3, -0.25) is 18.6 Å². The van der Waals surface area contributed by atoms with Gasteiger partial charge in [-0.1, -0.05) is 60.7 Å². The Kier molecular flexibility index (Phi) is 6.52. The molecule has 0 spiro atoms. The first-order valence-corrected chi connectivity index (χ1v) is 13.1. The highest BCUT2D eigenvalue weighted by Crippen LogP contribution is 2.47. The molecule has 2 heterocycles. The number of carbonyl (C=O) groups excluding carboxylic acids is 2. The van der Waals surface area contributed by atoms with Crippen LogP contribution in [-0.4, -0.2) is 43.3 Å². The predicted molar refractivity (Wildman–Crippen MR) is 145 cm³/mol. The Morgan fingerprint density at radius 3 is 2.37 bits per heavy atom. The molecule has 0 bridgehead atoms. The highest BCUT2D eigenvalue weighted by Gasteiger charge is 2.38. The van der Waals surface area contributed by atoms with Gasteiger partial charge in [-0.15, -0.1) is 0 Å². The minimum Gasteiger partial charge on any atom is -0.326 e. The van der Waals surface area contributed by atoms with Gasteiger partial charge in [0.1, 0.15) is 17.9 Å². The van der Waals surface area contributed by atoms with Crippen molar-refractivity contribution in [2.75, 3.05) is 16.7 Å². The zero-order chi connectivity index (χ0) is 26.9. The van der Waals surface area contributed by atoms with Crippen LogP contribution in [0.5, 0.6) is 0 Å². The molecule has 11 heteroatoms. The van der Waals surface area contributed by atoms with Gasteiger partial charge in [-0.2, -0.15) is 10.2 Å². The SMILES string of the molecule is CC(=O)Nc1ccc(/C=N/NC(=O)Cn2nc(-c3ccccc3)c3c2-c2ccccc2S(=O)(=O)N3C)cc1. The zero-order valence-corrected chi connectivity index (χ0v) is 21.4. The van der Waals surface area contributed by atoms with E-state index in [0.29, 0.717) is 28.3 Å². The van der Waals surface area contributed by atoms with Crippen molar-refractivity contribution in [2.45, 2.75) is 18.4 Å². The van der Waals surface area contributed by atoms with Gasteiger partial charge in [0.2, 0.25) is 5.91 Å². The fourth-order valence-electron chi connectivity index (χ4n) is 4.28. The first kappa shape index (κ1) is 24.9. The number of nitrogens with zero attached hydrogens (tertiary/aromatic N) is 4. The molecule has 4 aromatic rings. The van der Waals surface area contributed by atoms with Gasteiger partial charge in [-0.25, -0.2) is 13.8 Å². The highest BCUT2D eigenvalue weighted by molar-refractivity contribution is 7.93. The molecule has 10 nitrogen and oxygen atoms in total. The summed E-state index contributed by atoms with van der Waals surface area (Å²) in [5.41, 5.74) is 6.48. The molecule has 0 atom stereocenters. The van der Waals surface area contributed by atoms with E-state index in [2.05, 4.69) is 20.9 Å².